The molecule has 192 valence electrons. The van der Waals surface area contributed by atoms with E-state index in [1.54, 1.807) is 47.4 Å². The van der Waals surface area contributed by atoms with Gasteiger partial charge in [0.15, 0.2) is 5.78 Å². The molecule has 0 radical (unpaired) electrons. The van der Waals surface area contributed by atoms with Gasteiger partial charge in [0.2, 0.25) is 0 Å². The van der Waals surface area contributed by atoms with Gasteiger partial charge < -0.3 is 24.6 Å². The second kappa shape index (κ2) is 11.2. The fraction of sp³-hybridized carbons (Fsp3) is 0.250. The van der Waals surface area contributed by atoms with Crippen LogP contribution in [0.4, 0.5) is 11.4 Å². The van der Waals surface area contributed by atoms with Gasteiger partial charge in [-0.1, -0.05) is 36.4 Å². The minimum atomic E-state index is -0.454. The summed E-state index contributed by atoms with van der Waals surface area (Å²) in [4.78, 5) is 26.5. The van der Waals surface area contributed by atoms with Crippen LogP contribution in [-0.2, 0) is 6.42 Å². The van der Waals surface area contributed by atoms with Crippen LogP contribution in [0.3, 0.4) is 0 Å². The predicted octanol–water partition coefficient (Wildman–Crippen LogP) is 3.71. The van der Waals surface area contributed by atoms with Crippen molar-refractivity contribution < 1.29 is 29.4 Å². The minimum Gasteiger partial charge on any atom is -0.496 e. The lowest BCUT2D eigenvalue weighted by atomic mass is 9.81. The molecule has 0 aliphatic heterocycles. The Hall–Kier alpha value is -4.21. The molecule has 0 bridgehead atoms. The van der Waals surface area contributed by atoms with E-state index < -0.39 is 4.92 Å². The molecule has 0 amide bonds. The van der Waals surface area contributed by atoms with E-state index in [0.29, 0.717) is 64.5 Å². The standard InChI is InChI=1S/C28H28N2O7/c1-36-25-17-24(29(11-13-31)12-14-32)26(37-2)16-20(25)8-7-18-9-10-23(30(34)35)22-15-19-5-3-4-6-21(19)28(33)27(18)22/h3-10,16-17,31-32H,11-15H2,1-2H3/b8-7+. The molecule has 0 unspecified atom stereocenters. The second-order valence-electron chi connectivity index (χ2n) is 8.48. The zero-order valence-corrected chi connectivity index (χ0v) is 20.6. The lowest BCUT2D eigenvalue weighted by molar-refractivity contribution is -0.385. The average Bonchev–Trinajstić information content (AvgIpc) is 2.91. The zero-order valence-electron chi connectivity index (χ0n) is 20.6. The number of rotatable bonds is 10. The van der Waals surface area contributed by atoms with Crippen LogP contribution in [0.5, 0.6) is 11.5 Å². The fourth-order valence-electron chi connectivity index (χ4n) is 4.69. The number of carbonyl (C=O) groups excluding carboxylic acids is 1. The number of nitro benzene ring substituents is 1. The third-order valence-electron chi connectivity index (χ3n) is 6.43. The Kier molecular flexibility index (Phi) is 7.86. The average molecular weight is 505 g/mol. The maximum atomic E-state index is 13.4. The van der Waals surface area contributed by atoms with Crippen molar-refractivity contribution in [2.24, 2.45) is 0 Å². The number of methoxy groups -OCH3 is 2. The summed E-state index contributed by atoms with van der Waals surface area (Å²) in [7, 11) is 3.05. The van der Waals surface area contributed by atoms with Crippen LogP contribution in [0.2, 0.25) is 0 Å². The summed E-state index contributed by atoms with van der Waals surface area (Å²) in [5, 5.41) is 30.6. The van der Waals surface area contributed by atoms with Crippen LogP contribution in [-0.4, -0.2) is 61.4 Å². The topological polar surface area (TPSA) is 122 Å². The summed E-state index contributed by atoms with van der Waals surface area (Å²) in [6, 6.07) is 13.7. The summed E-state index contributed by atoms with van der Waals surface area (Å²) in [5.74, 6) is 0.780. The van der Waals surface area contributed by atoms with Crippen molar-refractivity contribution in [2.75, 3.05) is 45.4 Å². The van der Waals surface area contributed by atoms with Crippen LogP contribution < -0.4 is 14.4 Å². The van der Waals surface area contributed by atoms with Crippen molar-refractivity contribution in [3.05, 3.63) is 92.0 Å². The van der Waals surface area contributed by atoms with Crippen molar-refractivity contribution in [1.82, 2.24) is 0 Å². The molecule has 9 nitrogen and oxygen atoms in total. The Balaban J connectivity index is 1.80. The number of anilines is 1. The number of aliphatic hydroxyl groups excluding tert-OH is 2. The highest BCUT2D eigenvalue weighted by atomic mass is 16.6. The molecule has 0 atom stereocenters. The number of benzene rings is 3. The van der Waals surface area contributed by atoms with E-state index in [-0.39, 0.29) is 24.7 Å². The van der Waals surface area contributed by atoms with E-state index in [1.807, 2.05) is 12.1 Å². The quantitative estimate of drug-likeness (QED) is 0.190. The SMILES string of the molecule is COc1cc(N(CCO)CCO)c(OC)cc1/C=C/c1ccc([N+](=O)[O-])c2c1C(=O)c1ccccc1C2. The Labute approximate surface area is 214 Å². The molecule has 37 heavy (non-hydrogen) atoms. The largest absolute Gasteiger partial charge is 0.496 e. The summed E-state index contributed by atoms with van der Waals surface area (Å²) in [6.45, 7) is 0.395. The normalized spacial score (nSPS) is 12.3. The third-order valence-corrected chi connectivity index (χ3v) is 6.43. The van der Waals surface area contributed by atoms with Crippen molar-refractivity contribution in [1.29, 1.82) is 0 Å². The van der Waals surface area contributed by atoms with Gasteiger partial charge in [-0.3, -0.25) is 14.9 Å². The molecule has 3 aromatic rings. The second-order valence-corrected chi connectivity index (χ2v) is 8.48. The molecule has 1 aliphatic carbocycles. The Morgan fingerprint density at radius 3 is 2.30 bits per heavy atom. The first-order chi connectivity index (χ1) is 17.9. The molecule has 0 saturated heterocycles. The molecule has 1 aliphatic rings. The molecule has 4 rings (SSSR count). The van der Waals surface area contributed by atoms with E-state index in [1.165, 1.54) is 20.3 Å². The van der Waals surface area contributed by atoms with Crippen LogP contribution in [0.15, 0.2) is 48.5 Å². The van der Waals surface area contributed by atoms with Gasteiger partial charge in [0, 0.05) is 53.9 Å². The fourth-order valence-corrected chi connectivity index (χ4v) is 4.69. The van der Waals surface area contributed by atoms with E-state index >= 15 is 0 Å². The molecule has 0 heterocycles. The number of fused-ring (bicyclic) bond motifs is 2. The maximum absolute atomic E-state index is 13.4. The number of hydrogen-bond acceptors (Lipinski definition) is 8. The summed E-state index contributed by atoms with van der Waals surface area (Å²) in [6.07, 6.45) is 3.81. The van der Waals surface area contributed by atoms with Gasteiger partial charge in [-0.15, -0.1) is 0 Å². The molecule has 0 spiro atoms. The van der Waals surface area contributed by atoms with Gasteiger partial charge in [-0.05, 0) is 23.3 Å². The molecular weight excluding hydrogens is 476 g/mol. The number of aliphatic hydroxyl groups is 2. The molecule has 0 saturated carbocycles. The van der Waals surface area contributed by atoms with E-state index in [0.717, 1.165) is 5.56 Å². The Bertz CT molecular complexity index is 1360. The first-order valence-corrected chi connectivity index (χ1v) is 11.8. The van der Waals surface area contributed by atoms with E-state index in [9.17, 15) is 25.1 Å². The summed E-state index contributed by atoms with van der Waals surface area (Å²) in [5.41, 5.74) is 3.83. The van der Waals surface area contributed by atoms with Gasteiger partial charge in [0.25, 0.3) is 5.69 Å². The number of carbonyl (C=O) groups is 1. The van der Waals surface area contributed by atoms with Crippen LogP contribution in [0.25, 0.3) is 12.2 Å². The van der Waals surface area contributed by atoms with Gasteiger partial charge in [-0.25, -0.2) is 0 Å². The zero-order chi connectivity index (χ0) is 26.5. The number of nitro groups is 1. The Morgan fingerprint density at radius 2 is 1.65 bits per heavy atom. The monoisotopic (exact) mass is 504 g/mol. The Morgan fingerprint density at radius 1 is 0.973 bits per heavy atom. The molecule has 3 aromatic carbocycles. The highest BCUT2D eigenvalue weighted by Gasteiger charge is 2.31. The molecule has 0 fully saturated rings. The van der Waals surface area contributed by atoms with Gasteiger partial charge >= 0.3 is 0 Å². The highest BCUT2D eigenvalue weighted by Crippen LogP contribution is 2.38. The maximum Gasteiger partial charge on any atom is 0.273 e. The lowest BCUT2D eigenvalue weighted by Gasteiger charge is -2.26. The van der Waals surface area contributed by atoms with Crippen LogP contribution in [0, 0.1) is 10.1 Å². The number of nitrogens with zero attached hydrogens (tertiary/aromatic N) is 2. The van der Waals surface area contributed by atoms with Crippen molar-refractivity contribution in [3.63, 3.8) is 0 Å². The van der Waals surface area contributed by atoms with Crippen LogP contribution in [0.1, 0.15) is 38.2 Å². The minimum absolute atomic E-state index is 0.0773. The molecule has 9 heteroatoms. The van der Waals surface area contributed by atoms with Gasteiger partial charge in [0.05, 0.1) is 38.0 Å². The van der Waals surface area contributed by atoms with Gasteiger partial charge in [-0.2, -0.15) is 0 Å². The number of hydrogen-bond donors (Lipinski definition) is 2. The molecular formula is C28H28N2O7. The van der Waals surface area contributed by atoms with Crippen LogP contribution >= 0.6 is 0 Å². The van der Waals surface area contributed by atoms with Crippen molar-refractivity contribution in [3.8, 4) is 11.5 Å². The first kappa shape index (κ1) is 25.9. The smallest absolute Gasteiger partial charge is 0.273 e. The van der Waals surface area contributed by atoms with Gasteiger partial charge in [0.1, 0.15) is 11.5 Å². The van der Waals surface area contributed by atoms with E-state index in [2.05, 4.69) is 0 Å². The molecule has 2 N–H and O–H groups in total. The highest BCUT2D eigenvalue weighted by molar-refractivity contribution is 6.15. The number of ketones is 1. The summed E-state index contributed by atoms with van der Waals surface area (Å²) >= 11 is 0. The third kappa shape index (κ3) is 5.04. The van der Waals surface area contributed by atoms with E-state index in [4.69, 9.17) is 9.47 Å². The summed E-state index contributed by atoms with van der Waals surface area (Å²) < 4.78 is 11.2. The lowest BCUT2D eigenvalue weighted by Crippen LogP contribution is -2.30. The van der Waals surface area contributed by atoms with Crippen molar-refractivity contribution in [2.45, 2.75) is 6.42 Å². The van der Waals surface area contributed by atoms with Crippen molar-refractivity contribution >= 4 is 29.3 Å². The first-order valence-electron chi connectivity index (χ1n) is 11.8. The predicted molar refractivity (Wildman–Crippen MR) is 141 cm³/mol. The molecule has 0 aromatic heterocycles. The number of ether oxygens (including phenoxy) is 2.